The fourth-order valence-electron chi connectivity index (χ4n) is 1.56. The SMILES string of the molecule is CN(C)c1ccc(NCC(O)c2n[nH]c(=O)o2)cc1. The first kappa shape index (κ1) is 13.2. The maximum absolute atomic E-state index is 10.7. The van der Waals surface area contributed by atoms with Crippen LogP contribution in [0.3, 0.4) is 0 Å². The average Bonchev–Trinajstić information content (AvgIpc) is 2.83. The van der Waals surface area contributed by atoms with Gasteiger partial charge in [-0.1, -0.05) is 0 Å². The van der Waals surface area contributed by atoms with Crippen LogP contribution in [-0.2, 0) is 0 Å². The Labute approximate surface area is 109 Å². The quantitative estimate of drug-likeness (QED) is 0.731. The van der Waals surface area contributed by atoms with E-state index in [0.717, 1.165) is 11.4 Å². The lowest BCUT2D eigenvalue weighted by Crippen LogP contribution is -2.13. The van der Waals surface area contributed by atoms with Crippen LogP contribution in [0.4, 0.5) is 11.4 Å². The second-order valence-electron chi connectivity index (χ2n) is 4.29. The van der Waals surface area contributed by atoms with E-state index >= 15 is 0 Å². The molecular formula is C12H16N4O3. The second-order valence-corrected chi connectivity index (χ2v) is 4.29. The topological polar surface area (TPSA) is 94.4 Å². The van der Waals surface area contributed by atoms with Crippen LogP contribution in [-0.4, -0.2) is 35.9 Å². The highest BCUT2D eigenvalue weighted by atomic mass is 16.4. The molecule has 0 aliphatic heterocycles. The molecule has 0 aliphatic rings. The van der Waals surface area contributed by atoms with Crippen molar-refractivity contribution >= 4 is 11.4 Å². The van der Waals surface area contributed by atoms with E-state index in [-0.39, 0.29) is 12.4 Å². The number of H-pyrrole nitrogens is 1. The van der Waals surface area contributed by atoms with Crippen molar-refractivity contribution in [1.29, 1.82) is 0 Å². The van der Waals surface area contributed by atoms with E-state index in [9.17, 15) is 9.90 Å². The van der Waals surface area contributed by atoms with Crippen LogP contribution >= 0.6 is 0 Å². The zero-order valence-electron chi connectivity index (χ0n) is 10.8. The minimum absolute atomic E-state index is 0.0255. The van der Waals surface area contributed by atoms with E-state index < -0.39 is 11.9 Å². The summed E-state index contributed by atoms with van der Waals surface area (Å²) in [5.41, 5.74) is 1.95. The van der Waals surface area contributed by atoms with Gasteiger partial charge in [0.15, 0.2) is 0 Å². The van der Waals surface area contributed by atoms with E-state index in [1.54, 1.807) is 0 Å². The maximum atomic E-state index is 10.7. The zero-order valence-corrected chi connectivity index (χ0v) is 10.8. The molecular weight excluding hydrogens is 248 g/mol. The number of aromatic nitrogens is 2. The molecule has 0 bridgehead atoms. The number of nitrogens with one attached hydrogen (secondary N) is 2. The van der Waals surface area contributed by atoms with Gasteiger partial charge in [0.1, 0.15) is 6.10 Å². The Hall–Kier alpha value is -2.28. The van der Waals surface area contributed by atoms with Crippen molar-refractivity contribution in [3.63, 3.8) is 0 Å². The minimum Gasteiger partial charge on any atom is -0.390 e. The van der Waals surface area contributed by atoms with Crippen LogP contribution in [0.5, 0.6) is 0 Å². The molecule has 3 N–H and O–H groups in total. The van der Waals surface area contributed by atoms with Crippen LogP contribution in [0, 0.1) is 0 Å². The fourth-order valence-corrected chi connectivity index (χ4v) is 1.56. The Morgan fingerprint density at radius 1 is 1.42 bits per heavy atom. The molecule has 0 radical (unpaired) electrons. The molecule has 7 heteroatoms. The van der Waals surface area contributed by atoms with Gasteiger partial charge >= 0.3 is 5.76 Å². The van der Waals surface area contributed by atoms with Gasteiger partial charge in [0.2, 0.25) is 5.89 Å². The van der Waals surface area contributed by atoms with E-state index in [1.807, 2.05) is 43.3 Å². The summed E-state index contributed by atoms with van der Waals surface area (Å²) < 4.78 is 4.67. The molecule has 1 aromatic heterocycles. The molecule has 1 heterocycles. The smallest absolute Gasteiger partial charge is 0.390 e. The molecule has 2 rings (SSSR count). The summed E-state index contributed by atoms with van der Waals surface area (Å²) in [5.74, 6) is -0.702. The van der Waals surface area contributed by atoms with Crippen molar-refractivity contribution in [1.82, 2.24) is 10.2 Å². The van der Waals surface area contributed by atoms with Gasteiger partial charge in [-0.2, -0.15) is 0 Å². The molecule has 0 aliphatic carbocycles. The number of aliphatic hydroxyl groups excluding tert-OH is 1. The third-order valence-corrected chi connectivity index (χ3v) is 2.62. The van der Waals surface area contributed by atoms with E-state index in [1.165, 1.54) is 0 Å². The van der Waals surface area contributed by atoms with Crippen LogP contribution in [0.2, 0.25) is 0 Å². The standard InChI is InChI=1S/C12H16N4O3/c1-16(2)9-5-3-8(4-6-9)13-7-10(17)11-14-15-12(18)19-11/h3-6,10,13,17H,7H2,1-2H3,(H,15,18). The minimum atomic E-state index is -0.979. The number of rotatable bonds is 5. The van der Waals surface area contributed by atoms with Gasteiger partial charge in [-0.15, -0.1) is 5.10 Å². The Bertz CT molecular complexity index is 573. The number of benzene rings is 1. The molecule has 0 spiro atoms. The molecule has 0 fully saturated rings. The van der Waals surface area contributed by atoms with E-state index in [2.05, 4.69) is 19.9 Å². The first-order chi connectivity index (χ1) is 9.06. The summed E-state index contributed by atoms with van der Waals surface area (Å²) in [7, 11) is 3.93. The molecule has 102 valence electrons. The predicted octanol–water partition coefficient (Wildman–Crippen LogP) is 0.574. The summed E-state index contributed by atoms with van der Waals surface area (Å²) in [6.07, 6.45) is -0.979. The molecule has 1 unspecified atom stereocenters. The molecule has 2 aromatic rings. The van der Waals surface area contributed by atoms with Crippen molar-refractivity contribution in [3.05, 3.63) is 40.7 Å². The third kappa shape index (κ3) is 3.35. The van der Waals surface area contributed by atoms with Crippen molar-refractivity contribution in [3.8, 4) is 0 Å². The van der Waals surface area contributed by atoms with Crippen LogP contribution in [0.1, 0.15) is 12.0 Å². The van der Waals surface area contributed by atoms with E-state index in [0.29, 0.717) is 0 Å². The number of aromatic amines is 1. The monoisotopic (exact) mass is 264 g/mol. The van der Waals surface area contributed by atoms with Crippen molar-refractivity contribution < 1.29 is 9.52 Å². The number of anilines is 2. The number of aliphatic hydroxyl groups is 1. The summed E-state index contributed by atoms with van der Waals surface area (Å²) in [4.78, 5) is 12.7. The van der Waals surface area contributed by atoms with Crippen LogP contribution in [0.25, 0.3) is 0 Å². The second kappa shape index (κ2) is 5.57. The van der Waals surface area contributed by atoms with Crippen LogP contribution < -0.4 is 16.0 Å². The third-order valence-electron chi connectivity index (χ3n) is 2.62. The van der Waals surface area contributed by atoms with Crippen LogP contribution in [0.15, 0.2) is 33.5 Å². The summed E-state index contributed by atoms with van der Waals surface area (Å²) in [5, 5.41) is 18.5. The highest BCUT2D eigenvalue weighted by Gasteiger charge is 2.13. The highest BCUT2D eigenvalue weighted by Crippen LogP contribution is 2.16. The number of nitrogens with zero attached hydrogens (tertiary/aromatic N) is 2. The first-order valence-electron chi connectivity index (χ1n) is 5.81. The summed E-state index contributed by atoms with van der Waals surface area (Å²) >= 11 is 0. The lowest BCUT2D eigenvalue weighted by atomic mass is 10.2. The molecule has 0 amide bonds. The molecule has 7 nitrogen and oxygen atoms in total. The van der Waals surface area contributed by atoms with Gasteiger partial charge in [0.05, 0.1) is 0 Å². The van der Waals surface area contributed by atoms with Gasteiger partial charge in [-0.3, -0.25) is 0 Å². The highest BCUT2D eigenvalue weighted by molar-refractivity contribution is 5.54. The molecule has 1 aromatic carbocycles. The number of hydrogen-bond donors (Lipinski definition) is 3. The van der Waals surface area contributed by atoms with E-state index in [4.69, 9.17) is 0 Å². The molecule has 0 saturated carbocycles. The summed E-state index contributed by atoms with van der Waals surface area (Å²) in [6.45, 7) is 0.203. The Balaban J connectivity index is 1.93. The van der Waals surface area contributed by atoms with Crippen molar-refractivity contribution in [2.24, 2.45) is 0 Å². The maximum Gasteiger partial charge on any atom is 0.434 e. The van der Waals surface area contributed by atoms with Gasteiger partial charge in [-0.25, -0.2) is 9.89 Å². The van der Waals surface area contributed by atoms with Gasteiger partial charge in [-0.05, 0) is 24.3 Å². The molecule has 19 heavy (non-hydrogen) atoms. The lowest BCUT2D eigenvalue weighted by Gasteiger charge is -2.14. The first-order valence-corrected chi connectivity index (χ1v) is 5.81. The van der Waals surface area contributed by atoms with Crippen molar-refractivity contribution in [2.45, 2.75) is 6.10 Å². The van der Waals surface area contributed by atoms with Crippen molar-refractivity contribution in [2.75, 3.05) is 30.9 Å². The van der Waals surface area contributed by atoms with Gasteiger partial charge < -0.3 is 19.7 Å². The lowest BCUT2D eigenvalue weighted by molar-refractivity contribution is 0.154. The van der Waals surface area contributed by atoms with Gasteiger partial charge in [0, 0.05) is 32.0 Å². The fraction of sp³-hybridized carbons (Fsp3) is 0.333. The normalized spacial score (nSPS) is 12.2. The molecule has 0 saturated heterocycles. The largest absolute Gasteiger partial charge is 0.434 e. The Morgan fingerprint density at radius 2 is 2.11 bits per heavy atom. The molecule has 1 atom stereocenters. The summed E-state index contributed by atoms with van der Waals surface area (Å²) in [6, 6.07) is 7.73. The zero-order chi connectivity index (χ0) is 13.8. The van der Waals surface area contributed by atoms with Gasteiger partial charge in [0.25, 0.3) is 0 Å². The average molecular weight is 264 g/mol. The Kier molecular flexibility index (Phi) is 3.86. The number of hydrogen-bond acceptors (Lipinski definition) is 6. The predicted molar refractivity (Wildman–Crippen MR) is 71.3 cm³/mol. The Morgan fingerprint density at radius 3 is 2.63 bits per heavy atom.